The monoisotopic (exact) mass is 325 g/mol. The van der Waals surface area contributed by atoms with Crippen LogP contribution in [0.25, 0.3) is 0 Å². The van der Waals surface area contributed by atoms with Crippen molar-refractivity contribution < 1.29 is 4.79 Å². The Balaban J connectivity index is 0.00000180. The molecule has 4 nitrogen and oxygen atoms in total. The van der Waals surface area contributed by atoms with Gasteiger partial charge < -0.3 is 15.5 Å². The summed E-state index contributed by atoms with van der Waals surface area (Å²) in [5, 5.41) is 6.31. The Kier molecular flexibility index (Phi) is 9.07. The van der Waals surface area contributed by atoms with E-state index >= 15 is 0 Å². The number of hydrogen-bond donors (Lipinski definition) is 2. The molecule has 20 heavy (non-hydrogen) atoms. The van der Waals surface area contributed by atoms with E-state index in [0.29, 0.717) is 18.1 Å². The second-order valence-electron chi connectivity index (χ2n) is 6.04. The molecule has 0 radical (unpaired) electrons. The number of fused-ring (bicyclic) bond motifs is 2. The molecule has 2 bridgehead atoms. The highest BCUT2D eigenvalue weighted by molar-refractivity contribution is 5.85. The highest BCUT2D eigenvalue weighted by atomic mass is 35.5. The maximum absolute atomic E-state index is 12.0. The summed E-state index contributed by atoms with van der Waals surface area (Å²) in [6, 6.07) is 1.76. The fourth-order valence-corrected chi connectivity index (χ4v) is 3.48. The Hall–Kier alpha value is -0.0300. The Morgan fingerprint density at radius 1 is 1.25 bits per heavy atom. The predicted molar refractivity (Wildman–Crippen MR) is 87.9 cm³/mol. The van der Waals surface area contributed by atoms with Gasteiger partial charge in [-0.05, 0) is 39.8 Å². The van der Waals surface area contributed by atoms with Crippen molar-refractivity contribution in [1.29, 1.82) is 0 Å². The molecule has 2 rings (SSSR count). The minimum Gasteiger partial charge on any atom is -0.353 e. The van der Waals surface area contributed by atoms with Gasteiger partial charge in [0.15, 0.2) is 0 Å². The average Bonchev–Trinajstić information content (AvgIpc) is 2.30. The Bertz CT molecular complexity index is 290. The van der Waals surface area contributed by atoms with Gasteiger partial charge in [-0.15, -0.1) is 24.8 Å². The molecule has 0 aromatic carbocycles. The van der Waals surface area contributed by atoms with Crippen molar-refractivity contribution in [3.05, 3.63) is 0 Å². The lowest BCUT2D eigenvalue weighted by molar-refractivity contribution is -0.125. The number of amides is 1. The molecule has 2 heterocycles. The number of carbonyl (C=O) groups is 1. The van der Waals surface area contributed by atoms with Crippen LogP contribution in [0.3, 0.4) is 0 Å². The third kappa shape index (κ3) is 4.76. The number of rotatable bonds is 4. The molecule has 0 saturated carbocycles. The lowest BCUT2D eigenvalue weighted by Gasteiger charge is -2.47. The first kappa shape index (κ1) is 20.0. The van der Waals surface area contributed by atoms with E-state index in [-0.39, 0.29) is 36.6 Å². The Labute approximate surface area is 135 Å². The smallest absolute Gasteiger partial charge is 0.224 e. The van der Waals surface area contributed by atoms with Crippen molar-refractivity contribution in [2.75, 3.05) is 20.6 Å². The number of nitrogens with one attached hydrogen (secondary N) is 2. The van der Waals surface area contributed by atoms with Gasteiger partial charge in [-0.2, -0.15) is 0 Å². The maximum atomic E-state index is 12.0. The largest absolute Gasteiger partial charge is 0.353 e. The van der Waals surface area contributed by atoms with Crippen molar-refractivity contribution in [2.24, 2.45) is 5.92 Å². The number of carbonyl (C=O) groups excluding carboxylic acids is 1. The normalized spacial score (nSPS) is 30.6. The van der Waals surface area contributed by atoms with E-state index in [9.17, 15) is 4.79 Å². The van der Waals surface area contributed by atoms with Gasteiger partial charge in [0, 0.05) is 30.6 Å². The number of nitrogens with zero attached hydrogens (tertiary/aromatic N) is 1. The Morgan fingerprint density at radius 3 is 2.30 bits per heavy atom. The molecule has 2 saturated heterocycles. The first-order valence-corrected chi connectivity index (χ1v) is 7.28. The van der Waals surface area contributed by atoms with Crippen LogP contribution >= 0.6 is 24.8 Å². The van der Waals surface area contributed by atoms with E-state index in [0.717, 1.165) is 19.4 Å². The first-order chi connectivity index (χ1) is 8.61. The van der Waals surface area contributed by atoms with E-state index in [1.54, 1.807) is 0 Å². The molecular weight excluding hydrogens is 297 g/mol. The molecule has 0 spiro atoms. The summed E-state index contributed by atoms with van der Waals surface area (Å²) in [7, 11) is 4.14. The molecular formula is C14H29Cl2N3O. The quantitative estimate of drug-likeness (QED) is 0.828. The van der Waals surface area contributed by atoms with Gasteiger partial charge in [0.25, 0.3) is 0 Å². The molecule has 2 aliphatic rings. The van der Waals surface area contributed by atoms with Gasteiger partial charge in [-0.1, -0.05) is 13.3 Å². The van der Waals surface area contributed by atoms with Crippen LogP contribution < -0.4 is 10.6 Å². The fourth-order valence-electron chi connectivity index (χ4n) is 3.48. The molecule has 1 amide bonds. The van der Waals surface area contributed by atoms with Gasteiger partial charge in [0.05, 0.1) is 0 Å². The molecule has 3 atom stereocenters. The lowest BCUT2D eigenvalue weighted by Crippen LogP contribution is -2.56. The van der Waals surface area contributed by atoms with E-state index in [1.807, 2.05) is 14.0 Å². The van der Waals surface area contributed by atoms with Gasteiger partial charge in [0.2, 0.25) is 5.91 Å². The molecule has 0 aliphatic carbocycles. The summed E-state index contributed by atoms with van der Waals surface area (Å²) in [5.74, 6) is 0.270. The van der Waals surface area contributed by atoms with Gasteiger partial charge >= 0.3 is 0 Å². The van der Waals surface area contributed by atoms with Crippen LogP contribution in [0, 0.1) is 5.92 Å². The van der Waals surface area contributed by atoms with E-state index in [1.165, 1.54) is 19.3 Å². The van der Waals surface area contributed by atoms with Crippen LogP contribution in [0.4, 0.5) is 0 Å². The van der Waals surface area contributed by atoms with Gasteiger partial charge in [-0.25, -0.2) is 0 Å². The number of halogens is 2. The second-order valence-corrected chi connectivity index (χ2v) is 6.04. The SMILES string of the molecule is CNCC(C)C(=O)NC1CC2CCCC(C1)N2C.Cl.Cl. The summed E-state index contributed by atoms with van der Waals surface area (Å²) in [4.78, 5) is 14.6. The third-order valence-corrected chi connectivity index (χ3v) is 4.64. The van der Waals surface area contributed by atoms with Crippen molar-refractivity contribution in [3.8, 4) is 0 Å². The molecule has 6 heteroatoms. The van der Waals surface area contributed by atoms with Gasteiger partial charge in [-0.3, -0.25) is 4.79 Å². The minimum absolute atomic E-state index is 0. The molecule has 2 fully saturated rings. The topological polar surface area (TPSA) is 44.4 Å². The highest BCUT2D eigenvalue weighted by Crippen LogP contribution is 2.32. The van der Waals surface area contributed by atoms with Crippen molar-refractivity contribution in [3.63, 3.8) is 0 Å². The zero-order chi connectivity index (χ0) is 13.1. The summed E-state index contributed by atoms with van der Waals surface area (Å²) in [6.45, 7) is 2.74. The molecule has 120 valence electrons. The summed E-state index contributed by atoms with van der Waals surface area (Å²) < 4.78 is 0. The van der Waals surface area contributed by atoms with Crippen LogP contribution in [0.2, 0.25) is 0 Å². The van der Waals surface area contributed by atoms with Crippen molar-refractivity contribution in [2.45, 2.75) is 57.2 Å². The van der Waals surface area contributed by atoms with E-state index in [4.69, 9.17) is 0 Å². The van der Waals surface area contributed by atoms with Crippen LogP contribution in [-0.4, -0.2) is 49.6 Å². The molecule has 0 aromatic rings. The fraction of sp³-hybridized carbons (Fsp3) is 0.929. The van der Waals surface area contributed by atoms with Crippen molar-refractivity contribution >= 4 is 30.7 Å². The zero-order valence-corrected chi connectivity index (χ0v) is 14.4. The molecule has 0 aromatic heterocycles. The standard InChI is InChI=1S/C14H27N3O.2ClH/c1-10(9-15-2)14(18)16-11-7-12-5-4-6-13(8-11)17(12)3;;/h10-13,15H,4-9H2,1-3H3,(H,16,18);2*1H. The molecule has 2 aliphatic heterocycles. The number of hydrogen-bond acceptors (Lipinski definition) is 3. The summed E-state index contributed by atoms with van der Waals surface area (Å²) in [6.07, 6.45) is 6.21. The molecule has 2 N–H and O–H groups in total. The summed E-state index contributed by atoms with van der Waals surface area (Å²) >= 11 is 0. The van der Waals surface area contributed by atoms with Crippen molar-refractivity contribution in [1.82, 2.24) is 15.5 Å². The van der Waals surface area contributed by atoms with Crippen LogP contribution in [0.5, 0.6) is 0 Å². The minimum atomic E-state index is 0. The Morgan fingerprint density at radius 2 is 1.80 bits per heavy atom. The third-order valence-electron chi connectivity index (χ3n) is 4.64. The van der Waals surface area contributed by atoms with Crippen LogP contribution in [0.15, 0.2) is 0 Å². The molecule has 3 unspecified atom stereocenters. The van der Waals surface area contributed by atoms with E-state index < -0.39 is 0 Å². The number of piperidine rings is 2. The predicted octanol–water partition coefficient (Wildman–Crippen LogP) is 1.82. The summed E-state index contributed by atoms with van der Waals surface area (Å²) in [5.41, 5.74) is 0. The van der Waals surface area contributed by atoms with E-state index in [2.05, 4.69) is 22.6 Å². The first-order valence-electron chi connectivity index (χ1n) is 7.28. The average molecular weight is 326 g/mol. The van der Waals surface area contributed by atoms with Crippen LogP contribution in [-0.2, 0) is 4.79 Å². The zero-order valence-electron chi connectivity index (χ0n) is 12.7. The van der Waals surface area contributed by atoms with Gasteiger partial charge in [0.1, 0.15) is 0 Å². The lowest BCUT2D eigenvalue weighted by atomic mass is 9.82. The highest BCUT2D eigenvalue weighted by Gasteiger charge is 2.36. The van der Waals surface area contributed by atoms with Crippen LogP contribution in [0.1, 0.15) is 39.0 Å². The second kappa shape index (κ2) is 9.08. The maximum Gasteiger partial charge on any atom is 0.224 e.